The summed E-state index contributed by atoms with van der Waals surface area (Å²) in [7, 11) is 0. The van der Waals surface area contributed by atoms with Gasteiger partial charge < -0.3 is 0 Å². The van der Waals surface area contributed by atoms with Gasteiger partial charge in [-0.3, -0.25) is 0 Å². The van der Waals surface area contributed by atoms with E-state index in [1.165, 1.54) is 6.42 Å². The Morgan fingerprint density at radius 1 is 0.692 bits per heavy atom. The lowest BCUT2D eigenvalue weighted by molar-refractivity contribution is 0.249. The van der Waals surface area contributed by atoms with Gasteiger partial charge in [0.25, 0.3) is 0 Å². The van der Waals surface area contributed by atoms with Crippen LogP contribution in [-0.2, 0) is 0 Å². The topological polar surface area (TPSA) is 0 Å². The van der Waals surface area contributed by atoms with Crippen LogP contribution in [0.5, 0.6) is 0 Å². The smallest absolute Gasteiger partial charge is 0.0326 e. The van der Waals surface area contributed by atoms with Crippen LogP contribution < -0.4 is 0 Å². The standard InChI is InChI=1S/C13H24/c1-7-6-12-10(4)9(3)11(5)13(12)8(7)2/h7-13H,6H2,1-5H3/t7?,8-,9?,10?,11?,12?,13?/m0/s1. The summed E-state index contributed by atoms with van der Waals surface area (Å²) in [6.45, 7) is 12.4. The minimum atomic E-state index is 0.963. The first-order valence-electron chi connectivity index (χ1n) is 6.04. The maximum Gasteiger partial charge on any atom is -0.0326 e. The third kappa shape index (κ3) is 1.17. The fourth-order valence-corrected chi connectivity index (χ4v) is 4.22. The third-order valence-corrected chi connectivity index (χ3v) is 5.58. The Hall–Kier alpha value is 0. The molecule has 0 nitrogen and oxygen atoms in total. The molecule has 2 aliphatic carbocycles. The van der Waals surface area contributed by atoms with Crippen molar-refractivity contribution in [3.63, 3.8) is 0 Å². The highest BCUT2D eigenvalue weighted by atomic mass is 14.6. The van der Waals surface area contributed by atoms with Gasteiger partial charge in [-0.25, -0.2) is 0 Å². The Balaban J connectivity index is 2.22. The minimum absolute atomic E-state index is 0.963. The second-order valence-electron chi connectivity index (χ2n) is 5.89. The van der Waals surface area contributed by atoms with Crippen molar-refractivity contribution in [2.75, 3.05) is 0 Å². The molecular weight excluding hydrogens is 156 g/mol. The van der Waals surface area contributed by atoms with Crippen LogP contribution in [0.4, 0.5) is 0 Å². The van der Waals surface area contributed by atoms with Gasteiger partial charge in [0.15, 0.2) is 0 Å². The van der Waals surface area contributed by atoms with E-state index in [9.17, 15) is 0 Å². The molecule has 0 radical (unpaired) electrons. The van der Waals surface area contributed by atoms with E-state index in [0.717, 1.165) is 41.4 Å². The summed E-state index contributed by atoms with van der Waals surface area (Å²) in [6.07, 6.45) is 1.50. The van der Waals surface area contributed by atoms with Gasteiger partial charge in [0.2, 0.25) is 0 Å². The van der Waals surface area contributed by atoms with Crippen LogP contribution in [0.15, 0.2) is 0 Å². The normalized spacial score (nSPS) is 61.2. The van der Waals surface area contributed by atoms with E-state index in [1.807, 2.05) is 0 Å². The number of hydrogen-bond acceptors (Lipinski definition) is 0. The molecule has 0 spiro atoms. The molecule has 2 rings (SSSR count). The van der Waals surface area contributed by atoms with Crippen LogP contribution in [0.3, 0.4) is 0 Å². The lowest BCUT2D eigenvalue weighted by atomic mass is 9.82. The number of fused-ring (bicyclic) bond motifs is 1. The average Bonchev–Trinajstić information content (AvgIpc) is 2.48. The first-order chi connectivity index (χ1) is 6.04. The zero-order valence-electron chi connectivity index (χ0n) is 9.75. The number of rotatable bonds is 0. The molecule has 2 saturated carbocycles. The monoisotopic (exact) mass is 180 g/mol. The highest BCUT2D eigenvalue weighted by molar-refractivity contribution is 4.99. The van der Waals surface area contributed by atoms with Crippen molar-refractivity contribution in [3.05, 3.63) is 0 Å². The highest BCUT2D eigenvalue weighted by Gasteiger charge is 2.51. The predicted molar refractivity (Wildman–Crippen MR) is 57.4 cm³/mol. The Morgan fingerprint density at radius 2 is 1.31 bits per heavy atom. The lowest BCUT2D eigenvalue weighted by Gasteiger charge is -2.23. The summed E-state index contributed by atoms with van der Waals surface area (Å²) in [5, 5.41) is 0. The van der Waals surface area contributed by atoms with Crippen molar-refractivity contribution in [3.8, 4) is 0 Å². The van der Waals surface area contributed by atoms with Crippen molar-refractivity contribution in [1.29, 1.82) is 0 Å². The molecule has 0 aromatic carbocycles. The van der Waals surface area contributed by atoms with E-state index in [-0.39, 0.29) is 0 Å². The molecule has 0 amide bonds. The summed E-state index contributed by atoms with van der Waals surface area (Å²) in [4.78, 5) is 0. The average molecular weight is 180 g/mol. The minimum Gasteiger partial charge on any atom is -0.0622 e. The van der Waals surface area contributed by atoms with Gasteiger partial charge in [0, 0.05) is 0 Å². The van der Waals surface area contributed by atoms with Gasteiger partial charge in [-0.2, -0.15) is 0 Å². The van der Waals surface area contributed by atoms with E-state index in [1.54, 1.807) is 0 Å². The summed E-state index contributed by atoms with van der Waals surface area (Å²) in [5.74, 6) is 6.96. The summed E-state index contributed by atoms with van der Waals surface area (Å²) >= 11 is 0. The molecule has 0 heterocycles. The van der Waals surface area contributed by atoms with Crippen LogP contribution in [0.1, 0.15) is 41.0 Å². The molecule has 13 heavy (non-hydrogen) atoms. The largest absolute Gasteiger partial charge is 0.0622 e. The molecule has 76 valence electrons. The Kier molecular flexibility index (Phi) is 2.20. The maximum atomic E-state index is 2.49. The molecular formula is C13H24. The Bertz CT molecular complexity index is 196. The Morgan fingerprint density at radius 3 is 1.85 bits per heavy atom. The van der Waals surface area contributed by atoms with Crippen molar-refractivity contribution < 1.29 is 0 Å². The van der Waals surface area contributed by atoms with Crippen molar-refractivity contribution in [1.82, 2.24) is 0 Å². The van der Waals surface area contributed by atoms with E-state index < -0.39 is 0 Å². The molecule has 0 heteroatoms. The van der Waals surface area contributed by atoms with Crippen LogP contribution in [0.2, 0.25) is 0 Å². The second kappa shape index (κ2) is 3.00. The zero-order chi connectivity index (χ0) is 9.75. The van der Waals surface area contributed by atoms with E-state index in [2.05, 4.69) is 34.6 Å². The quantitative estimate of drug-likeness (QED) is 0.531. The van der Waals surface area contributed by atoms with E-state index >= 15 is 0 Å². The molecule has 0 aromatic rings. The van der Waals surface area contributed by atoms with Gasteiger partial charge in [-0.15, -0.1) is 0 Å². The summed E-state index contributed by atoms with van der Waals surface area (Å²) < 4.78 is 0. The number of hydrogen-bond donors (Lipinski definition) is 0. The van der Waals surface area contributed by atoms with Crippen LogP contribution in [0.25, 0.3) is 0 Å². The van der Waals surface area contributed by atoms with Gasteiger partial charge in [0.1, 0.15) is 0 Å². The molecule has 2 fully saturated rings. The molecule has 0 N–H and O–H groups in total. The van der Waals surface area contributed by atoms with Crippen LogP contribution >= 0.6 is 0 Å². The molecule has 0 saturated heterocycles. The van der Waals surface area contributed by atoms with Crippen molar-refractivity contribution in [2.45, 2.75) is 41.0 Å². The van der Waals surface area contributed by atoms with Gasteiger partial charge in [-0.1, -0.05) is 34.6 Å². The fraction of sp³-hybridized carbons (Fsp3) is 1.00. The van der Waals surface area contributed by atoms with Gasteiger partial charge in [-0.05, 0) is 47.8 Å². The Labute approximate surface area is 83.1 Å². The predicted octanol–water partition coefficient (Wildman–Crippen LogP) is 3.82. The zero-order valence-corrected chi connectivity index (χ0v) is 9.75. The second-order valence-corrected chi connectivity index (χ2v) is 5.89. The molecule has 6 unspecified atom stereocenters. The molecule has 0 bridgehead atoms. The lowest BCUT2D eigenvalue weighted by Crippen LogP contribution is -2.17. The van der Waals surface area contributed by atoms with E-state index in [0.29, 0.717) is 0 Å². The molecule has 0 aliphatic heterocycles. The first kappa shape index (κ1) is 9.55. The SMILES string of the molecule is CC1C(C)C2CC(C)[C@H](C)C2C1C. The van der Waals surface area contributed by atoms with Gasteiger partial charge in [0.05, 0.1) is 0 Å². The highest BCUT2D eigenvalue weighted by Crippen LogP contribution is 2.57. The summed E-state index contributed by atoms with van der Waals surface area (Å²) in [6, 6.07) is 0. The summed E-state index contributed by atoms with van der Waals surface area (Å²) in [5.41, 5.74) is 0. The van der Waals surface area contributed by atoms with Crippen LogP contribution in [-0.4, -0.2) is 0 Å². The fourth-order valence-electron chi connectivity index (χ4n) is 4.22. The van der Waals surface area contributed by atoms with Crippen molar-refractivity contribution >= 4 is 0 Å². The van der Waals surface area contributed by atoms with Crippen molar-refractivity contribution in [2.24, 2.45) is 41.4 Å². The molecule has 2 aliphatic rings. The van der Waals surface area contributed by atoms with Crippen LogP contribution in [0, 0.1) is 41.4 Å². The molecule has 7 atom stereocenters. The third-order valence-electron chi connectivity index (χ3n) is 5.58. The molecule has 0 aromatic heterocycles. The van der Waals surface area contributed by atoms with Gasteiger partial charge >= 0.3 is 0 Å². The van der Waals surface area contributed by atoms with E-state index in [4.69, 9.17) is 0 Å². The first-order valence-corrected chi connectivity index (χ1v) is 6.04. The maximum absolute atomic E-state index is 2.49.